The molecule has 1 fully saturated rings. The maximum Gasteiger partial charge on any atom is 0.313 e. The number of hydrogen-bond acceptors (Lipinski definition) is 4. The lowest BCUT2D eigenvalue weighted by molar-refractivity contribution is -0.143. The van der Waals surface area contributed by atoms with Gasteiger partial charge in [-0.3, -0.25) is 14.5 Å². The lowest BCUT2D eigenvalue weighted by Crippen LogP contribution is -2.45. The Morgan fingerprint density at radius 2 is 1.84 bits per heavy atom. The van der Waals surface area contributed by atoms with Crippen LogP contribution in [-0.2, 0) is 9.59 Å². The van der Waals surface area contributed by atoms with Crippen molar-refractivity contribution in [3.63, 3.8) is 0 Å². The number of ether oxygens (including phenoxy) is 1. The van der Waals surface area contributed by atoms with Crippen molar-refractivity contribution in [2.45, 2.75) is 39.7 Å². The fraction of sp³-hybridized carbons (Fsp3) is 0.579. The summed E-state index contributed by atoms with van der Waals surface area (Å²) in [5, 5.41) is 2.72. The zero-order valence-corrected chi connectivity index (χ0v) is 15.9. The van der Waals surface area contributed by atoms with Gasteiger partial charge in [0.2, 0.25) is 0 Å². The van der Waals surface area contributed by atoms with Crippen molar-refractivity contribution in [2.75, 3.05) is 38.6 Å². The van der Waals surface area contributed by atoms with Gasteiger partial charge in [-0.1, -0.05) is 0 Å². The highest BCUT2D eigenvalue weighted by atomic mass is 16.5. The van der Waals surface area contributed by atoms with E-state index in [0.29, 0.717) is 18.8 Å². The van der Waals surface area contributed by atoms with Crippen LogP contribution in [0.2, 0.25) is 0 Å². The van der Waals surface area contributed by atoms with Crippen LogP contribution >= 0.6 is 0 Å². The first kappa shape index (κ1) is 19.2. The maximum atomic E-state index is 12.5. The normalized spacial score (nSPS) is 16.3. The molecule has 1 aromatic rings. The van der Waals surface area contributed by atoms with E-state index < -0.39 is 11.8 Å². The number of carbonyl (C=O) groups is 2. The lowest BCUT2D eigenvalue weighted by atomic mass is 10.1. The highest BCUT2D eigenvalue weighted by Crippen LogP contribution is 2.21. The van der Waals surface area contributed by atoms with E-state index in [2.05, 4.69) is 31.0 Å². The Bertz CT molecular complexity index is 637. The molecule has 0 unspecified atom stereocenters. The van der Waals surface area contributed by atoms with Gasteiger partial charge in [-0.15, -0.1) is 0 Å². The molecule has 0 saturated carbocycles. The van der Waals surface area contributed by atoms with Gasteiger partial charge in [-0.25, -0.2) is 0 Å². The number of methoxy groups -OCH3 is 1. The predicted octanol–water partition coefficient (Wildman–Crippen LogP) is 2.27. The van der Waals surface area contributed by atoms with Crippen molar-refractivity contribution in [1.29, 1.82) is 0 Å². The van der Waals surface area contributed by atoms with Crippen molar-refractivity contribution in [1.82, 2.24) is 9.80 Å². The van der Waals surface area contributed by atoms with Crippen LogP contribution in [0.15, 0.2) is 18.2 Å². The molecule has 0 radical (unpaired) electrons. The molecule has 6 nitrogen and oxygen atoms in total. The van der Waals surface area contributed by atoms with Crippen LogP contribution in [0.5, 0.6) is 5.75 Å². The second-order valence-electron chi connectivity index (χ2n) is 7.44. The standard InChI is InChI=1S/C19H29N3O3/c1-14-13-15(25-5)7-8-16(14)20-17(23)18(24)21-9-6-10-22(12-11-21)19(2,3)4/h7-8,13H,6,9-12H2,1-5H3,(H,20,23). The number of rotatable bonds is 2. The molecule has 0 aliphatic carbocycles. The summed E-state index contributed by atoms with van der Waals surface area (Å²) in [5.74, 6) is -0.333. The molecule has 0 atom stereocenters. The number of benzene rings is 1. The lowest BCUT2D eigenvalue weighted by Gasteiger charge is -2.34. The summed E-state index contributed by atoms with van der Waals surface area (Å²) < 4.78 is 5.16. The quantitative estimate of drug-likeness (QED) is 0.834. The molecule has 0 bridgehead atoms. The van der Waals surface area contributed by atoms with E-state index in [1.807, 2.05) is 13.0 Å². The van der Waals surface area contributed by atoms with Gasteiger partial charge < -0.3 is 15.0 Å². The number of anilines is 1. The predicted molar refractivity (Wildman–Crippen MR) is 98.9 cm³/mol. The second kappa shape index (κ2) is 7.87. The average Bonchev–Trinajstić information content (AvgIpc) is 2.81. The van der Waals surface area contributed by atoms with Crippen molar-refractivity contribution >= 4 is 17.5 Å². The number of aryl methyl sites for hydroxylation is 1. The monoisotopic (exact) mass is 347 g/mol. The minimum atomic E-state index is -0.586. The van der Waals surface area contributed by atoms with Crippen LogP contribution in [0, 0.1) is 6.92 Å². The van der Waals surface area contributed by atoms with Crippen LogP contribution in [0.25, 0.3) is 0 Å². The largest absolute Gasteiger partial charge is 0.497 e. The van der Waals surface area contributed by atoms with Gasteiger partial charge in [0, 0.05) is 37.4 Å². The van der Waals surface area contributed by atoms with Gasteiger partial charge in [0.25, 0.3) is 0 Å². The fourth-order valence-electron chi connectivity index (χ4n) is 3.01. The maximum absolute atomic E-state index is 12.5. The van der Waals surface area contributed by atoms with Crippen molar-refractivity contribution in [3.8, 4) is 5.75 Å². The zero-order valence-electron chi connectivity index (χ0n) is 15.9. The van der Waals surface area contributed by atoms with Gasteiger partial charge in [-0.05, 0) is 57.9 Å². The van der Waals surface area contributed by atoms with Crippen molar-refractivity contribution in [3.05, 3.63) is 23.8 Å². The third-order valence-corrected chi connectivity index (χ3v) is 4.61. The van der Waals surface area contributed by atoms with Crippen LogP contribution in [-0.4, -0.2) is 60.4 Å². The summed E-state index contributed by atoms with van der Waals surface area (Å²) in [7, 11) is 1.59. The Balaban J connectivity index is 1.99. The van der Waals surface area contributed by atoms with Gasteiger partial charge >= 0.3 is 11.8 Å². The molecule has 1 aromatic carbocycles. The van der Waals surface area contributed by atoms with E-state index in [1.54, 1.807) is 24.1 Å². The Morgan fingerprint density at radius 3 is 2.44 bits per heavy atom. The first-order valence-corrected chi connectivity index (χ1v) is 8.72. The number of carbonyl (C=O) groups excluding carboxylic acids is 2. The molecular weight excluding hydrogens is 318 g/mol. The second-order valence-corrected chi connectivity index (χ2v) is 7.44. The van der Waals surface area contributed by atoms with Crippen LogP contribution < -0.4 is 10.1 Å². The Morgan fingerprint density at radius 1 is 1.12 bits per heavy atom. The number of hydrogen-bond donors (Lipinski definition) is 1. The molecule has 1 N–H and O–H groups in total. The molecule has 0 aromatic heterocycles. The van der Waals surface area contributed by atoms with E-state index in [1.165, 1.54) is 0 Å². The van der Waals surface area contributed by atoms with Gasteiger partial charge in [0.1, 0.15) is 5.75 Å². The Kier molecular flexibility index (Phi) is 6.06. The van der Waals surface area contributed by atoms with Gasteiger partial charge in [0.15, 0.2) is 0 Å². The third kappa shape index (κ3) is 4.95. The summed E-state index contributed by atoms with van der Waals surface area (Å²) in [5.41, 5.74) is 1.56. The zero-order chi connectivity index (χ0) is 18.6. The van der Waals surface area contributed by atoms with Crippen molar-refractivity contribution in [2.24, 2.45) is 0 Å². The van der Waals surface area contributed by atoms with Crippen LogP contribution in [0.4, 0.5) is 5.69 Å². The SMILES string of the molecule is COc1ccc(NC(=O)C(=O)N2CCCN(C(C)(C)C)CC2)c(C)c1. The summed E-state index contributed by atoms with van der Waals surface area (Å²) in [6, 6.07) is 5.34. The molecule has 1 heterocycles. The summed E-state index contributed by atoms with van der Waals surface area (Å²) >= 11 is 0. The molecule has 1 saturated heterocycles. The number of amides is 2. The molecule has 1 aliphatic rings. The molecule has 2 rings (SSSR count). The molecule has 138 valence electrons. The van der Waals surface area contributed by atoms with Crippen LogP contribution in [0.1, 0.15) is 32.8 Å². The molecule has 1 aliphatic heterocycles. The van der Waals surface area contributed by atoms with E-state index in [9.17, 15) is 9.59 Å². The minimum Gasteiger partial charge on any atom is -0.497 e. The smallest absolute Gasteiger partial charge is 0.313 e. The third-order valence-electron chi connectivity index (χ3n) is 4.61. The van der Waals surface area contributed by atoms with Crippen molar-refractivity contribution < 1.29 is 14.3 Å². The van der Waals surface area contributed by atoms with Crippen LogP contribution in [0.3, 0.4) is 0 Å². The molecule has 0 spiro atoms. The Labute approximate surface area is 150 Å². The van der Waals surface area contributed by atoms with Gasteiger partial charge in [0.05, 0.1) is 7.11 Å². The summed E-state index contributed by atoms with van der Waals surface area (Å²) in [4.78, 5) is 28.9. The number of nitrogens with zero attached hydrogens (tertiary/aromatic N) is 2. The van der Waals surface area contributed by atoms with Gasteiger partial charge in [-0.2, -0.15) is 0 Å². The number of nitrogens with one attached hydrogen (secondary N) is 1. The topological polar surface area (TPSA) is 61.9 Å². The van der Waals surface area contributed by atoms with E-state index in [-0.39, 0.29) is 5.54 Å². The highest BCUT2D eigenvalue weighted by molar-refractivity contribution is 6.39. The first-order chi connectivity index (χ1) is 11.7. The average molecular weight is 347 g/mol. The molecule has 25 heavy (non-hydrogen) atoms. The Hall–Kier alpha value is -2.08. The molecular formula is C19H29N3O3. The summed E-state index contributed by atoms with van der Waals surface area (Å²) in [6.07, 6.45) is 0.873. The van der Waals surface area contributed by atoms with E-state index in [4.69, 9.17) is 4.74 Å². The molecule has 6 heteroatoms. The first-order valence-electron chi connectivity index (χ1n) is 8.72. The van der Waals surface area contributed by atoms with E-state index >= 15 is 0 Å². The highest BCUT2D eigenvalue weighted by Gasteiger charge is 2.28. The molecule has 2 amide bonds. The fourth-order valence-corrected chi connectivity index (χ4v) is 3.01. The van der Waals surface area contributed by atoms with E-state index in [0.717, 1.165) is 30.8 Å². The summed E-state index contributed by atoms with van der Waals surface area (Å²) in [6.45, 7) is 11.3. The minimum absolute atomic E-state index is 0.0710.